The van der Waals surface area contributed by atoms with Gasteiger partial charge in [-0.05, 0) is 62.1 Å². The number of nitrogens with zero attached hydrogens (tertiary/aromatic N) is 1. The van der Waals surface area contributed by atoms with Gasteiger partial charge < -0.3 is 24.3 Å². The summed E-state index contributed by atoms with van der Waals surface area (Å²) in [4.78, 5) is 41.9. The molecule has 0 aliphatic carbocycles. The number of amides is 1. The number of esters is 2. The van der Waals surface area contributed by atoms with Gasteiger partial charge in [-0.15, -0.1) is 0 Å². The fraction of sp³-hybridized carbons (Fsp3) is 0.548. The highest BCUT2D eigenvalue weighted by Crippen LogP contribution is 2.35. The summed E-state index contributed by atoms with van der Waals surface area (Å²) in [6.07, 6.45) is 1.21. The smallest absolute Gasteiger partial charge is 0.416 e. The molecule has 3 rings (SSSR count). The second-order valence-corrected chi connectivity index (χ2v) is 10.7. The van der Waals surface area contributed by atoms with Gasteiger partial charge in [-0.2, -0.15) is 13.2 Å². The number of hydrogen-bond acceptors (Lipinski definition) is 8. The SMILES string of the molecule is CCCC[C@@H]1[C@@H](Cc2ccc(C(F)(F)F)cc2)CCC[C@H](NC(=O)c2nccc(OC)c2OCOC(C)=O)C(=O)O[C@H]1C. The molecule has 0 saturated carbocycles. The minimum Gasteiger partial charge on any atom is -0.493 e. The Labute approximate surface area is 249 Å². The predicted octanol–water partition coefficient (Wildman–Crippen LogP) is 5.89. The summed E-state index contributed by atoms with van der Waals surface area (Å²) < 4.78 is 60.7. The summed E-state index contributed by atoms with van der Waals surface area (Å²) in [5, 5.41) is 2.71. The number of unbranched alkanes of at least 4 members (excludes halogenated alkanes) is 1. The minimum atomic E-state index is -4.40. The highest BCUT2D eigenvalue weighted by atomic mass is 19.4. The number of methoxy groups -OCH3 is 1. The molecule has 1 saturated heterocycles. The molecule has 0 spiro atoms. The molecule has 0 radical (unpaired) electrons. The van der Waals surface area contributed by atoms with E-state index in [2.05, 4.69) is 17.2 Å². The average molecular weight is 609 g/mol. The molecule has 236 valence electrons. The number of pyridine rings is 1. The number of benzene rings is 1. The number of ether oxygens (including phenoxy) is 4. The molecule has 2 heterocycles. The van der Waals surface area contributed by atoms with Crippen molar-refractivity contribution in [2.45, 2.75) is 84.0 Å². The third kappa shape index (κ3) is 9.59. The minimum absolute atomic E-state index is 0.0121. The van der Waals surface area contributed by atoms with E-state index in [4.69, 9.17) is 18.9 Å². The molecule has 1 aliphatic rings. The Hall–Kier alpha value is -3.83. The number of alkyl halides is 3. The quantitative estimate of drug-likeness (QED) is 0.248. The van der Waals surface area contributed by atoms with Gasteiger partial charge in [0, 0.05) is 19.2 Å². The van der Waals surface area contributed by atoms with E-state index in [1.54, 1.807) is 0 Å². The van der Waals surface area contributed by atoms with Crippen LogP contribution in [0.3, 0.4) is 0 Å². The molecule has 43 heavy (non-hydrogen) atoms. The predicted molar refractivity (Wildman–Crippen MR) is 150 cm³/mol. The van der Waals surface area contributed by atoms with Gasteiger partial charge in [-0.3, -0.25) is 9.59 Å². The fourth-order valence-electron chi connectivity index (χ4n) is 5.37. The lowest BCUT2D eigenvalue weighted by atomic mass is 9.78. The Morgan fingerprint density at radius 1 is 1.14 bits per heavy atom. The highest BCUT2D eigenvalue weighted by molar-refractivity contribution is 5.98. The molecule has 1 N–H and O–H groups in total. The van der Waals surface area contributed by atoms with Crippen LogP contribution in [0.1, 0.15) is 80.9 Å². The zero-order valence-electron chi connectivity index (χ0n) is 24.9. The largest absolute Gasteiger partial charge is 0.493 e. The summed E-state index contributed by atoms with van der Waals surface area (Å²) >= 11 is 0. The van der Waals surface area contributed by atoms with Crippen LogP contribution in [0.25, 0.3) is 0 Å². The van der Waals surface area contributed by atoms with Gasteiger partial charge in [0.1, 0.15) is 12.1 Å². The average Bonchev–Trinajstić information content (AvgIpc) is 3.00. The summed E-state index contributed by atoms with van der Waals surface area (Å²) in [6.45, 7) is 4.63. The molecule has 1 amide bonds. The maximum Gasteiger partial charge on any atom is 0.416 e. The van der Waals surface area contributed by atoms with E-state index in [-0.39, 0.29) is 35.4 Å². The Kier molecular flexibility index (Phi) is 12.2. The molecule has 12 heteroatoms. The second-order valence-electron chi connectivity index (χ2n) is 10.7. The second kappa shape index (κ2) is 15.6. The monoisotopic (exact) mass is 608 g/mol. The summed E-state index contributed by atoms with van der Waals surface area (Å²) in [6, 6.07) is 5.71. The molecule has 1 fully saturated rings. The first-order valence-corrected chi connectivity index (χ1v) is 14.4. The lowest BCUT2D eigenvalue weighted by Crippen LogP contribution is -2.43. The van der Waals surface area contributed by atoms with Crippen LogP contribution in [-0.4, -0.2) is 48.9 Å². The van der Waals surface area contributed by atoms with Crippen LogP contribution < -0.4 is 14.8 Å². The van der Waals surface area contributed by atoms with Crippen molar-refractivity contribution in [1.82, 2.24) is 10.3 Å². The third-order valence-electron chi connectivity index (χ3n) is 7.61. The Morgan fingerprint density at radius 3 is 2.49 bits per heavy atom. The van der Waals surface area contributed by atoms with Crippen molar-refractivity contribution in [2.24, 2.45) is 11.8 Å². The van der Waals surface area contributed by atoms with Crippen LogP contribution in [0.2, 0.25) is 0 Å². The Balaban J connectivity index is 1.79. The van der Waals surface area contributed by atoms with Crippen molar-refractivity contribution < 1.29 is 46.5 Å². The standard InChI is InChI=1S/C31H39F3N2O7/c1-5-6-9-24-19(2)43-30(39)25(10-7-8-22(24)17-21-11-13-23(14-12-21)31(32,33)34)36-29(38)27-28(42-18-41-20(3)37)26(40-4)15-16-35-27/h11-16,19,22,24-25H,5-10,17-18H2,1-4H3,(H,36,38)/t19-,22+,24-,25-/m0/s1. The van der Waals surface area contributed by atoms with E-state index in [1.165, 1.54) is 38.4 Å². The van der Waals surface area contributed by atoms with Crippen LogP contribution in [0.15, 0.2) is 36.5 Å². The van der Waals surface area contributed by atoms with E-state index in [0.717, 1.165) is 37.0 Å². The number of aromatic nitrogens is 1. The summed E-state index contributed by atoms with van der Waals surface area (Å²) in [7, 11) is 1.38. The number of halogens is 3. The Bertz CT molecular complexity index is 1240. The number of hydrogen-bond donors (Lipinski definition) is 1. The van der Waals surface area contributed by atoms with Crippen LogP contribution in [-0.2, 0) is 31.7 Å². The zero-order valence-corrected chi connectivity index (χ0v) is 24.9. The van der Waals surface area contributed by atoms with Crippen LogP contribution in [0, 0.1) is 11.8 Å². The normalized spacial score (nSPS) is 21.0. The highest BCUT2D eigenvalue weighted by Gasteiger charge is 2.35. The first kappa shape index (κ1) is 33.7. The van der Waals surface area contributed by atoms with Crippen molar-refractivity contribution in [2.75, 3.05) is 13.9 Å². The molecule has 1 aliphatic heterocycles. The van der Waals surface area contributed by atoms with E-state index in [9.17, 15) is 27.6 Å². The topological polar surface area (TPSA) is 113 Å². The number of carbonyl (C=O) groups is 3. The van der Waals surface area contributed by atoms with Crippen LogP contribution in [0.4, 0.5) is 13.2 Å². The molecule has 1 aromatic carbocycles. The maximum atomic E-state index is 13.3. The van der Waals surface area contributed by atoms with Gasteiger partial charge >= 0.3 is 18.1 Å². The molecular weight excluding hydrogens is 569 g/mol. The van der Waals surface area contributed by atoms with E-state index < -0.39 is 48.5 Å². The van der Waals surface area contributed by atoms with Gasteiger partial charge in [0.15, 0.2) is 17.2 Å². The molecule has 0 bridgehead atoms. The van der Waals surface area contributed by atoms with Crippen LogP contribution in [0.5, 0.6) is 11.5 Å². The lowest BCUT2D eigenvalue weighted by Gasteiger charge is -2.31. The zero-order chi connectivity index (χ0) is 31.6. The van der Waals surface area contributed by atoms with Crippen molar-refractivity contribution in [3.8, 4) is 11.5 Å². The fourth-order valence-corrected chi connectivity index (χ4v) is 5.37. The number of rotatable bonds is 11. The van der Waals surface area contributed by atoms with Gasteiger partial charge in [-0.25, -0.2) is 9.78 Å². The van der Waals surface area contributed by atoms with Gasteiger partial charge in [0.2, 0.25) is 6.79 Å². The van der Waals surface area contributed by atoms with Crippen molar-refractivity contribution in [3.05, 3.63) is 53.3 Å². The molecule has 0 unspecified atom stereocenters. The molecular formula is C31H39F3N2O7. The van der Waals surface area contributed by atoms with Gasteiger partial charge in [0.05, 0.1) is 12.7 Å². The first-order chi connectivity index (χ1) is 20.4. The molecule has 1 aromatic heterocycles. The van der Waals surface area contributed by atoms with Crippen molar-refractivity contribution in [1.29, 1.82) is 0 Å². The van der Waals surface area contributed by atoms with E-state index >= 15 is 0 Å². The van der Waals surface area contributed by atoms with Gasteiger partial charge in [0.25, 0.3) is 5.91 Å². The summed E-state index contributed by atoms with van der Waals surface area (Å²) in [5.74, 6) is -1.68. The van der Waals surface area contributed by atoms with Crippen molar-refractivity contribution >= 4 is 17.8 Å². The maximum absolute atomic E-state index is 13.3. The third-order valence-corrected chi connectivity index (χ3v) is 7.61. The first-order valence-electron chi connectivity index (χ1n) is 14.4. The molecule has 9 nitrogen and oxygen atoms in total. The lowest BCUT2D eigenvalue weighted by molar-refractivity contribution is -0.154. The number of nitrogens with one attached hydrogen (secondary N) is 1. The van der Waals surface area contributed by atoms with E-state index in [0.29, 0.717) is 19.3 Å². The van der Waals surface area contributed by atoms with Crippen LogP contribution >= 0.6 is 0 Å². The molecule has 2 aromatic rings. The summed E-state index contributed by atoms with van der Waals surface area (Å²) in [5.41, 5.74) is -0.0691. The van der Waals surface area contributed by atoms with Crippen molar-refractivity contribution in [3.63, 3.8) is 0 Å². The number of cyclic esters (lactones) is 1. The van der Waals surface area contributed by atoms with Gasteiger partial charge in [-0.1, -0.05) is 38.3 Å². The van der Waals surface area contributed by atoms with E-state index in [1.807, 2.05) is 6.92 Å². The molecule has 4 atom stereocenters. The Morgan fingerprint density at radius 2 is 1.86 bits per heavy atom. The number of carbonyl (C=O) groups excluding carboxylic acids is 3.